The van der Waals surface area contributed by atoms with Crippen molar-refractivity contribution in [3.63, 3.8) is 0 Å². The standard InChI is InChI=1S/C14H12F3N5OS/c1-7(2)9-6-24-12(18-9)8-5-11(23)20-13(19-8)22-4-3-10(21-22)14(15,16)17/h3-7H,1-2H3,(H,19,20,23). The van der Waals surface area contributed by atoms with Crippen molar-refractivity contribution >= 4 is 11.3 Å². The number of nitrogens with one attached hydrogen (secondary N) is 1. The van der Waals surface area contributed by atoms with Crippen LogP contribution in [0.25, 0.3) is 16.6 Å². The van der Waals surface area contributed by atoms with Crippen molar-refractivity contribution in [2.45, 2.75) is 25.9 Å². The van der Waals surface area contributed by atoms with Crippen LogP contribution >= 0.6 is 11.3 Å². The van der Waals surface area contributed by atoms with Gasteiger partial charge in [-0.15, -0.1) is 11.3 Å². The maximum absolute atomic E-state index is 12.6. The van der Waals surface area contributed by atoms with Crippen LogP contribution in [-0.2, 0) is 6.18 Å². The molecule has 0 saturated carbocycles. The fourth-order valence-electron chi connectivity index (χ4n) is 1.92. The molecule has 0 atom stereocenters. The van der Waals surface area contributed by atoms with Crippen LogP contribution in [-0.4, -0.2) is 24.7 Å². The second-order valence-electron chi connectivity index (χ2n) is 5.33. The molecule has 0 spiro atoms. The molecule has 0 fully saturated rings. The molecule has 0 aliphatic heterocycles. The Balaban J connectivity index is 2.03. The first kappa shape index (κ1) is 16.4. The van der Waals surface area contributed by atoms with E-state index in [2.05, 4.69) is 20.1 Å². The fourth-order valence-corrected chi connectivity index (χ4v) is 2.87. The van der Waals surface area contributed by atoms with Crippen LogP contribution in [0.3, 0.4) is 0 Å². The van der Waals surface area contributed by atoms with Crippen LogP contribution in [0.2, 0.25) is 0 Å². The third-order valence-electron chi connectivity index (χ3n) is 3.16. The van der Waals surface area contributed by atoms with Crippen LogP contribution in [0.1, 0.15) is 31.2 Å². The van der Waals surface area contributed by atoms with E-state index in [1.807, 2.05) is 19.2 Å². The number of alkyl halides is 3. The van der Waals surface area contributed by atoms with Crippen LogP contribution in [0, 0.1) is 0 Å². The van der Waals surface area contributed by atoms with Gasteiger partial charge < -0.3 is 0 Å². The molecule has 0 saturated heterocycles. The smallest absolute Gasteiger partial charge is 0.291 e. The van der Waals surface area contributed by atoms with Gasteiger partial charge in [0.25, 0.3) is 5.56 Å². The molecule has 1 N–H and O–H groups in total. The lowest BCUT2D eigenvalue weighted by Gasteiger charge is -2.03. The molecule has 6 nitrogen and oxygen atoms in total. The Kier molecular flexibility index (Phi) is 3.99. The number of rotatable bonds is 3. The van der Waals surface area contributed by atoms with Gasteiger partial charge in [0.05, 0.1) is 5.69 Å². The zero-order valence-electron chi connectivity index (χ0n) is 12.6. The molecular weight excluding hydrogens is 343 g/mol. The highest BCUT2D eigenvalue weighted by molar-refractivity contribution is 7.13. The van der Waals surface area contributed by atoms with E-state index in [-0.39, 0.29) is 17.6 Å². The summed E-state index contributed by atoms with van der Waals surface area (Å²) in [5.41, 5.74) is -0.418. The van der Waals surface area contributed by atoms with Crippen LogP contribution in [0.5, 0.6) is 0 Å². The lowest BCUT2D eigenvalue weighted by molar-refractivity contribution is -0.141. The van der Waals surface area contributed by atoms with Gasteiger partial charge in [-0.3, -0.25) is 9.78 Å². The number of H-pyrrole nitrogens is 1. The topological polar surface area (TPSA) is 76.5 Å². The summed E-state index contributed by atoms with van der Waals surface area (Å²) in [5, 5.41) is 5.78. The lowest BCUT2D eigenvalue weighted by Crippen LogP contribution is -2.14. The number of hydrogen-bond acceptors (Lipinski definition) is 5. The Morgan fingerprint density at radius 2 is 2.04 bits per heavy atom. The molecule has 3 rings (SSSR count). The van der Waals surface area contributed by atoms with E-state index in [0.29, 0.717) is 5.01 Å². The summed E-state index contributed by atoms with van der Waals surface area (Å²) in [5.74, 6) is 0.117. The quantitative estimate of drug-likeness (QED) is 0.783. The van der Waals surface area contributed by atoms with Gasteiger partial charge in [0, 0.05) is 17.6 Å². The molecule has 0 amide bonds. The number of thiazole rings is 1. The van der Waals surface area contributed by atoms with E-state index < -0.39 is 17.4 Å². The van der Waals surface area contributed by atoms with Crippen molar-refractivity contribution in [2.24, 2.45) is 0 Å². The Labute approximate surface area is 138 Å². The second-order valence-corrected chi connectivity index (χ2v) is 6.19. The first-order valence-electron chi connectivity index (χ1n) is 6.94. The summed E-state index contributed by atoms with van der Waals surface area (Å²) < 4.78 is 38.8. The Morgan fingerprint density at radius 3 is 2.62 bits per heavy atom. The average molecular weight is 355 g/mol. The highest BCUT2D eigenvalue weighted by Crippen LogP contribution is 2.28. The minimum atomic E-state index is -4.56. The molecule has 3 aromatic heterocycles. The van der Waals surface area contributed by atoms with Crippen molar-refractivity contribution in [3.8, 4) is 16.6 Å². The average Bonchev–Trinajstić information content (AvgIpc) is 3.16. The van der Waals surface area contributed by atoms with Crippen LogP contribution in [0.4, 0.5) is 13.2 Å². The Morgan fingerprint density at radius 1 is 1.29 bits per heavy atom. The number of hydrogen-bond donors (Lipinski definition) is 1. The van der Waals surface area contributed by atoms with Crippen molar-refractivity contribution in [1.29, 1.82) is 0 Å². The Hall–Kier alpha value is -2.49. The van der Waals surface area contributed by atoms with Crippen LogP contribution in [0.15, 0.2) is 28.5 Å². The van der Waals surface area contributed by atoms with E-state index in [9.17, 15) is 18.0 Å². The van der Waals surface area contributed by atoms with Gasteiger partial charge in [0.1, 0.15) is 10.7 Å². The van der Waals surface area contributed by atoms with E-state index in [1.165, 1.54) is 17.4 Å². The summed E-state index contributed by atoms with van der Waals surface area (Å²) >= 11 is 1.32. The molecule has 0 aliphatic rings. The van der Waals surface area contributed by atoms with Gasteiger partial charge >= 0.3 is 6.18 Å². The molecular formula is C14H12F3N5OS. The summed E-state index contributed by atoms with van der Waals surface area (Å²) in [6.45, 7) is 3.97. The summed E-state index contributed by atoms with van der Waals surface area (Å²) in [7, 11) is 0. The molecule has 0 aliphatic carbocycles. The van der Waals surface area contributed by atoms with E-state index in [4.69, 9.17) is 0 Å². The molecule has 0 radical (unpaired) electrons. The number of halogens is 3. The van der Waals surface area contributed by atoms with Gasteiger partial charge in [-0.05, 0) is 12.0 Å². The van der Waals surface area contributed by atoms with E-state index >= 15 is 0 Å². The van der Waals surface area contributed by atoms with Crippen molar-refractivity contribution in [1.82, 2.24) is 24.7 Å². The summed E-state index contributed by atoms with van der Waals surface area (Å²) in [4.78, 5) is 22.8. The Bertz CT molecular complexity index is 925. The van der Waals surface area contributed by atoms with Gasteiger partial charge in [-0.2, -0.15) is 18.3 Å². The summed E-state index contributed by atoms with van der Waals surface area (Å²) in [6, 6.07) is 2.06. The van der Waals surface area contributed by atoms with Crippen molar-refractivity contribution in [3.05, 3.63) is 45.5 Å². The first-order valence-corrected chi connectivity index (χ1v) is 7.82. The molecule has 10 heteroatoms. The van der Waals surface area contributed by atoms with E-state index in [0.717, 1.165) is 22.6 Å². The second kappa shape index (κ2) is 5.86. The van der Waals surface area contributed by atoms with Crippen molar-refractivity contribution < 1.29 is 13.2 Å². The predicted molar refractivity (Wildman–Crippen MR) is 82.2 cm³/mol. The van der Waals surface area contributed by atoms with Gasteiger partial charge in [0.2, 0.25) is 5.95 Å². The van der Waals surface area contributed by atoms with Gasteiger partial charge in [-0.1, -0.05) is 13.8 Å². The molecule has 0 bridgehead atoms. The highest BCUT2D eigenvalue weighted by Gasteiger charge is 2.33. The monoisotopic (exact) mass is 355 g/mol. The predicted octanol–water partition coefficient (Wildman–Crippen LogP) is 3.22. The number of aromatic nitrogens is 5. The minimum Gasteiger partial charge on any atom is -0.291 e. The molecule has 0 unspecified atom stereocenters. The molecule has 3 heterocycles. The minimum absolute atomic E-state index is 0.103. The van der Waals surface area contributed by atoms with Gasteiger partial charge in [0.15, 0.2) is 5.69 Å². The maximum atomic E-state index is 12.6. The number of nitrogens with zero attached hydrogens (tertiary/aromatic N) is 4. The third kappa shape index (κ3) is 3.23. The SMILES string of the molecule is CC(C)c1csc(-c2cc(=O)[nH]c(-n3ccc(C(F)(F)F)n3)n2)n1. The summed E-state index contributed by atoms with van der Waals surface area (Å²) in [6.07, 6.45) is -3.48. The van der Waals surface area contributed by atoms with Gasteiger partial charge in [-0.25, -0.2) is 14.6 Å². The largest absolute Gasteiger partial charge is 0.435 e. The normalized spacial score (nSPS) is 12.1. The zero-order chi connectivity index (χ0) is 17.5. The van der Waals surface area contributed by atoms with Crippen molar-refractivity contribution in [2.75, 3.05) is 0 Å². The third-order valence-corrected chi connectivity index (χ3v) is 4.04. The lowest BCUT2D eigenvalue weighted by atomic mass is 10.2. The highest BCUT2D eigenvalue weighted by atomic mass is 32.1. The molecule has 3 aromatic rings. The zero-order valence-corrected chi connectivity index (χ0v) is 13.4. The fraction of sp³-hybridized carbons (Fsp3) is 0.286. The van der Waals surface area contributed by atoms with E-state index in [1.54, 1.807) is 0 Å². The molecule has 126 valence electrons. The van der Waals surface area contributed by atoms with Crippen LogP contribution < -0.4 is 5.56 Å². The maximum Gasteiger partial charge on any atom is 0.435 e. The first-order chi connectivity index (χ1) is 11.2. The molecule has 24 heavy (non-hydrogen) atoms. The number of aromatic amines is 1. The molecule has 0 aromatic carbocycles.